The van der Waals surface area contributed by atoms with Crippen LogP contribution in [0.25, 0.3) is 10.9 Å². The summed E-state index contributed by atoms with van der Waals surface area (Å²) < 4.78 is 43.8. The van der Waals surface area contributed by atoms with Crippen molar-refractivity contribution in [2.75, 3.05) is 37.6 Å². The largest absolute Gasteiger partial charge is 0.367 e. The number of benzene rings is 2. The second kappa shape index (κ2) is 10.1. The van der Waals surface area contributed by atoms with Crippen LogP contribution < -0.4 is 10.3 Å². The lowest BCUT2D eigenvalue weighted by Crippen LogP contribution is -2.46. The highest BCUT2D eigenvalue weighted by Gasteiger charge is 2.26. The normalized spacial score (nSPS) is 15.2. The summed E-state index contributed by atoms with van der Waals surface area (Å²) in [5.74, 6) is -0.520. The zero-order valence-electron chi connectivity index (χ0n) is 19.4. The van der Waals surface area contributed by atoms with Crippen molar-refractivity contribution in [1.29, 1.82) is 0 Å². The van der Waals surface area contributed by atoms with Gasteiger partial charge in [0.25, 0.3) is 0 Å². The lowest BCUT2D eigenvalue weighted by atomic mass is 10.1. The molecule has 0 N–H and O–H groups in total. The molecule has 0 amide bonds. The lowest BCUT2D eigenvalue weighted by molar-refractivity contribution is 0.270. The summed E-state index contributed by atoms with van der Waals surface area (Å²) in [4.78, 5) is 17.2. The van der Waals surface area contributed by atoms with E-state index in [1.165, 1.54) is 30.5 Å². The van der Waals surface area contributed by atoms with Crippen LogP contribution in [-0.2, 0) is 16.4 Å². The van der Waals surface area contributed by atoms with Crippen molar-refractivity contribution in [1.82, 2.24) is 9.47 Å². The van der Waals surface area contributed by atoms with Gasteiger partial charge in [0.05, 0.1) is 21.5 Å². The van der Waals surface area contributed by atoms with Gasteiger partial charge in [0, 0.05) is 43.9 Å². The number of hydrogen-bond acceptors (Lipinski definition) is 5. The Balaban J connectivity index is 1.88. The Morgan fingerprint density at radius 1 is 1.06 bits per heavy atom. The Labute approximate surface area is 204 Å². The highest BCUT2D eigenvalue weighted by molar-refractivity contribution is 7.91. The van der Waals surface area contributed by atoms with Gasteiger partial charge in [-0.15, -0.1) is 0 Å². The predicted molar refractivity (Wildman–Crippen MR) is 134 cm³/mol. The van der Waals surface area contributed by atoms with E-state index >= 15 is 4.39 Å². The van der Waals surface area contributed by atoms with Crippen LogP contribution in [0.5, 0.6) is 0 Å². The van der Waals surface area contributed by atoms with Crippen molar-refractivity contribution in [3.63, 3.8) is 0 Å². The average Bonchev–Trinajstić information content (AvgIpc) is 2.83. The Kier molecular flexibility index (Phi) is 7.31. The van der Waals surface area contributed by atoms with Gasteiger partial charge in [-0.25, -0.2) is 12.8 Å². The van der Waals surface area contributed by atoms with Crippen molar-refractivity contribution in [3.8, 4) is 0 Å². The van der Waals surface area contributed by atoms with Crippen LogP contribution in [0.2, 0.25) is 5.02 Å². The Bertz CT molecular complexity index is 1370. The number of rotatable bonds is 7. The molecule has 2 heterocycles. The maximum atomic E-state index is 15.3. The second-order valence-corrected chi connectivity index (χ2v) is 10.9. The van der Waals surface area contributed by atoms with Crippen LogP contribution in [0.3, 0.4) is 0 Å². The number of halogens is 2. The number of unbranched alkanes of at least 4 members (excludes halogenated alkanes) is 1. The molecule has 2 aromatic carbocycles. The first-order chi connectivity index (χ1) is 16.3. The van der Waals surface area contributed by atoms with Crippen molar-refractivity contribution in [2.24, 2.45) is 0 Å². The van der Waals surface area contributed by atoms with Crippen LogP contribution in [0.4, 0.5) is 10.1 Å². The third-order valence-corrected chi connectivity index (χ3v) is 8.40. The van der Waals surface area contributed by atoms with E-state index < -0.39 is 21.1 Å². The molecule has 1 aliphatic heterocycles. The minimum atomic E-state index is -4.14. The van der Waals surface area contributed by atoms with Crippen molar-refractivity contribution in [2.45, 2.75) is 43.0 Å². The number of aryl methyl sites for hydroxylation is 1. The summed E-state index contributed by atoms with van der Waals surface area (Å²) >= 11 is 6.00. The number of fused-ring (bicyclic) bond motifs is 1. The highest BCUT2D eigenvalue weighted by Crippen LogP contribution is 2.29. The standard InChI is InChI=1S/C25H29ClFN3O3S/c1-3-5-9-30-17-24(34(32,33)19-8-6-7-18(26)14-19)25(31)20-15-21(27)23(16-22(20)30)29-12-10-28(4-2)11-13-29/h6-8,14-17H,3-5,9-13H2,1-2H3. The van der Waals surface area contributed by atoms with Gasteiger partial charge in [-0.2, -0.15) is 0 Å². The molecule has 34 heavy (non-hydrogen) atoms. The number of anilines is 1. The molecule has 3 aromatic rings. The zero-order valence-corrected chi connectivity index (χ0v) is 21.0. The SMILES string of the molecule is CCCCn1cc(S(=O)(=O)c2cccc(Cl)c2)c(=O)c2cc(F)c(N3CCN(CC)CC3)cc21. The zero-order chi connectivity index (χ0) is 24.5. The molecule has 182 valence electrons. The Hall–Kier alpha value is -2.42. The van der Waals surface area contributed by atoms with E-state index in [1.54, 1.807) is 16.7 Å². The number of piperazine rings is 1. The van der Waals surface area contributed by atoms with Crippen LogP contribution in [0, 0.1) is 5.82 Å². The van der Waals surface area contributed by atoms with Crippen LogP contribution in [0.1, 0.15) is 26.7 Å². The molecule has 0 saturated carbocycles. The van der Waals surface area contributed by atoms with Gasteiger partial charge >= 0.3 is 0 Å². The fraction of sp³-hybridized carbons (Fsp3) is 0.400. The summed E-state index contributed by atoms with van der Waals surface area (Å²) in [6.45, 7) is 8.67. The van der Waals surface area contributed by atoms with Crippen LogP contribution in [0.15, 0.2) is 57.2 Å². The van der Waals surface area contributed by atoms with Crippen LogP contribution >= 0.6 is 11.6 Å². The first-order valence-corrected chi connectivity index (χ1v) is 13.5. The van der Waals surface area contributed by atoms with Crippen molar-refractivity contribution in [3.05, 3.63) is 63.7 Å². The number of hydrogen-bond donors (Lipinski definition) is 0. The number of pyridine rings is 1. The van der Waals surface area contributed by atoms with Gasteiger partial charge in [0.15, 0.2) is 0 Å². The van der Waals surface area contributed by atoms with Crippen molar-refractivity contribution < 1.29 is 12.8 Å². The predicted octanol–water partition coefficient (Wildman–Crippen LogP) is 4.57. The van der Waals surface area contributed by atoms with E-state index in [4.69, 9.17) is 11.6 Å². The van der Waals surface area contributed by atoms with E-state index in [9.17, 15) is 13.2 Å². The molecule has 1 aromatic heterocycles. The molecule has 0 spiro atoms. The van der Waals surface area contributed by atoms with Crippen LogP contribution in [-0.4, -0.2) is 50.6 Å². The van der Waals surface area contributed by atoms with Crippen molar-refractivity contribution >= 4 is 38.0 Å². The summed E-state index contributed by atoms with van der Waals surface area (Å²) in [5, 5.41) is 0.319. The second-order valence-electron chi connectivity index (χ2n) is 8.57. The molecule has 0 aliphatic carbocycles. The molecule has 6 nitrogen and oxygen atoms in total. The molecule has 9 heteroatoms. The third-order valence-electron chi connectivity index (χ3n) is 6.42. The smallest absolute Gasteiger partial charge is 0.211 e. The first-order valence-electron chi connectivity index (χ1n) is 11.6. The van der Waals surface area contributed by atoms with Gasteiger partial charge in [-0.05, 0) is 43.3 Å². The van der Waals surface area contributed by atoms with Gasteiger partial charge in [-0.1, -0.05) is 37.9 Å². The third kappa shape index (κ3) is 4.72. The fourth-order valence-electron chi connectivity index (χ4n) is 4.39. The molecule has 0 unspecified atom stereocenters. The molecule has 4 rings (SSSR count). The number of sulfone groups is 1. The fourth-order valence-corrected chi connectivity index (χ4v) is 6.05. The molecule has 1 saturated heterocycles. The number of aromatic nitrogens is 1. The summed E-state index contributed by atoms with van der Waals surface area (Å²) in [6, 6.07) is 8.70. The molecular weight excluding hydrogens is 477 g/mol. The van der Waals surface area contributed by atoms with E-state index in [0.29, 0.717) is 30.8 Å². The lowest BCUT2D eigenvalue weighted by Gasteiger charge is -2.35. The van der Waals surface area contributed by atoms with E-state index in [0.717, 1.165) is 32.5 Å². The minimum absolute atomic E-state index is 0.0626. The van der Waals surface area contributed by atoms with Gasteiger partial charge < -0.3 is 14.4 Å². The maximum Gasteiger partial charge on any atom is 0.211 e. The van der Waals surface area contributed by atoms with Gasteiger partial charge in [-0.3, -0.25) is 4.79 Å². The first kappa shape index (κ1) is 24.7. The maximum absolute atomic E-state index is 15.3. The summed E-state index contributed by atoms with van der Waals surface area (Å²) in [6.07, 6.45) is 3.07. The minimum Gasteiger partial charge on any atom is -0.367 e. The average molecular weight is 506 g/mol. The Morgan fingerprint density at radius 2 is 1.79 bits per heavy atom. The van der Waals surface area contributed by atoms with Gasteiger partial charge in [0.2, 0.25) is 15.3 Å². The highest BCUT2D eigenvalue weighted by atomic mass is 35.5. The van der Waals surface area contributed by atoms with E-state index in [1.807, 2.05) is 11.8 Å². The molecule has 0 bridgehead atoms. The summed E-state index contributed by atoms with van der Waals surface area (Å²) in [7, 11) is -4.14. The van der Waals surface area contributed by atoms with E-state index in [-0.39, 0.29) is 20.2 Å². The Morgan fingerprint density at radius 3 is 2.44 bits per heavy atom. The number of likely N-dealkylation sites (N-methyl/N-ethyl adjacent to an activating group) is 1. The van der Waals surface area contributed by atoms with E-state index in [2.05, 4.69) is 11.8 Å². The monoisotopic (exact) mass is 505 g/mol. The molecule has 0 atom stereocenters. The summed E-state index contributed by atoms with van der Waals surface area (Å²) in [5.41, 5.74) is 0.278. The number of nitrogens with zero attached hydrogens (tertiary/aromatic N) is 3. The quantitative estimate of drug-likeness (QED) is 0.470. The molecule has 0 radical (unpaired) electrons. The molecule has 1 aliphatic rings. The molecular formula is C25H29ClFN3O3S. The topological polar surface area (TPSA) is 62.6 Å². The van der Waals surface area contributed by atoms with Gasteiger partial charge in [0.1, 0.15) is 10.7 Å². The molecule has 1 fully saturated rings.